The topological polar surface area (TPSA) is 61.5 Å². The number of rotatable bonds is 2. The molecule has 138 valence electrons. The van der Waals surface area contributed by atoms with Gasteiger partial charge in [0.05, 0.1) is 5.52 Å². The highest BCUT2D eigenvalue weighted by Crippen LogP contribution is 2.32. The number of fused-ring (bicyclic) bond motifs is 5. The molecular weight excluding hydrogens is 328 g/mol. The molecule has 5 heterocycles. The van der Waals surface area contributed by atoms with Gasteiger partial charge in [-0.05, 0) is 37.7 Å². The van der Waals surface area contributed by atoms with Gasteiger partial charge in [0.15, 0.2) is 5.69 Å². The van der Waals surface area contributed by atoms with Gasteiger partial charge in [0, 0.05) is 50.3 Å². The molecule has 0 aliphatic carbocycles. The molecule has 4 aliphatic heterocycles. The van der Waals surface area contributed by atoms with Crippen molar-refractivity contribution in [3.63, 3.8) is 0 Å². The molecule has 6 heteroatoms. The summed E-state index contributed by atoms with van der Waals surface area (Å²) in [7, 11) is 0. The third-order valence-electron chi connectivity index (χ3n) is 6.38. The summed E-state index contributed by atoms with van der Waals surface area (Å²) >= 11 is 0. The summed E-state index contributed by atoms with van der Waals surface area (Å²) < 4.78 is 5.54. The summed E-state index contributed by atoms with van der Waals surface area (Å²) in [6, 6.07) is 8.81. The van der Waals surface area contributed by atoms with Crippen LogP contribution in [0.25, 0.3) is 10.9 Å². The first kappa shape index (κ1) is 16.3. The first-order chi connectivity index (χ1) is 12.8. The van der Waals surface area contributed by atoms with Crippen LogP contribution in [0.3, 0.4) is 0 Å². The van der Waals surface area contributed by atoms with Crippen molar-refractivity contribution in [2.45, 2.75) is 37.8 Å². The molecule has 1 N–H and O–H groups in total. The summed E-state index contributed by atoms with van der Waals surface area (Å²) in [5.74, 6) is 0.664. The predicted octanol–water partition coefficient (Wildman–Crippen LogP) is 2.28. The zero-order chi connectivity index (χ0) is 17.5. The van der Waals surface area contributed by atoms with Crippen LogP contribution in [-0.4, -0.2) is 70.8 Å². The van der Waals surface area contributed by atoms with E-state index in [0.717, 1.165) is 63.0 Å². The fraction of sp³-hybridized carbons (Fsp3) is 0.600. The molecule has 0 unspecified atom stereocenters. The zero-order valence-corrected chi connectivity index (χ0v) is 15.1. The first-order valence-corrected chi connectivity index (χ1v) is 9.85. The molecule has 0 spiro atoms. The molecule has 4 saturated heterocycles. The molecule has 4 fully saturated rings. The number of aromatic nitrogens is 2. The van der Waals surface area contributed by atoms with Gasteiger partial charge in [-0.2, -0.15) is 5.10 Å². The van der Waals surface area contributed by atoms with Crippen molar-refractivity contribution in [3.8, 4) is 0 Å². The fourth-order valence-corrected chi connectivity index (χ4v) is 4.98. The standard InChI is InChI=1S/C20H26N4O2/c25-20(19-17-3-1-2-4-18(17)21-22-19)24-12-14-5-6-16(24)13-23(11-14)15-7-9-26-10-8-15/h1-4,14-16H,5-13H2,(H,21,22)/t14-,16+/m0/s1. The molecule has 4 aliphatic rings. The molecule has 2 aromatic rings. The Morgan fingerprint density at radius 2 is 1.88 bits per heavy atom. The van der Waals surface area contributed by atoms with Crippen molar-refractivity contribution in [2.75, 3.05) is 32.8 Å². The highest BCUT2D eigenvalue weighted by Gasteiger charge is 2.40. The lowest BCUT2D eigenvalue weighted by Crippen LogP contribution is -2.48. The molecule has 0 radical (unpaired) electrons. The number of hydrogen-bond donors (Lipinski definition) is 1. The van der Waals surface area contributed by atoms with E-state index < -0.39 is 0 Å². The summed E-state index contributed by atoms with van der Waals surface area (Å²) in [5.41, 5.74) is 1.51. The van der Waals surface area contributed by atoms with Crippen LogP contribution in [0.4, 0.5) is 0 Å². The second-order valence-electron chi connectivity index (χ2n) is 7.97. The highest BCUT2D eigenvalue weighted by atomic mass is 16.5. The van der Waals surface area contributed by atoms with Crippen molar-refractivity contribution in [1.82, 2.24) is 20.0 Å². The third-order valence-corrected chi connectivity index (χ3v) is 6.38. The Morgan fingerprint density at radius 1 is 1.04 bits per heavy atom. The molecule has 2 bridgehead atoms. The molecule has 0 saturated carbocycles. The SMILES string of the molecule is O=C(c1n[nH]c2ccccc12)N1C[C@H]2CC[C@@H]1CN(C1CCOCC1)C2. The Labute approximate surface area is 153 Å². The molecule has 1 aromatic heterocycles. The number of carbonyl (C=O) groups excluding carboxylic acids is 1. The van der Waals surface area contributed by atoms with E-state index in [1.807, 2.05) is 24.3 Å². The van der Waals surface area contributed by atoms with Gasteiger partial charge in [0.1, 0.15) is 0 Å². The van der Waals surface area contributed by atoms with E-state index >= 15 is 0 Å². The van der Waals surface area contributed by atoms with Crippen molar-refractivity contribution in [2.24, 2.45) is 5.92 Å². The second kappa shape index (κ2) is 6.67. The Bertz CT molecular complexity index is 798. The van der Waals surface area contributed by atoms with E-state index in [9.17, 15) is 4.79 Å². The number of benzene rings is 1. The number of hydrogen-bond acceptors (Lipinski definition) is 4. The third kappa shape index (κ3) is 2.81. The lowest BCUT2D eigenvalue weighted by molar-refractivity contribution is 0.0304. The van der Waals surface area contributed by atoms with E-state index in [0.29, 0.717) is 23.7 Å². The molecule has 1 amide bonds. The minimum absolute atomic E-state index is 0.0889. The maximum atomic E-state index is 13.3. The van der Waals surface area contributed by atoms with Gasteiger partial charge < -0.3 is 9.64 Å². The Balaban J connectivity index is 1.39. The van der Waals surface area contributed by atoms with Gasteiger partial charge in [-0.25, -0.2) is 0 Å². The molecule has 6 nitrogen and oxygen atoms in total. The quantitative estimate of drug-likeness (QED) is 0.899. The number of para-hydroxylation sites is 1. The largest absolute Gasteiger partial charge is 0.381 e. The normalized spacial score (nSPS) is 27.8. The van der Waals surface area contributed by atoms with Crippen molar-refractivity contribution >= 4 is 16.8 Å². The van der Waals surface area contributed by atoms with Gasteiger partial charge >= 0.3 is 0 Å². The number of amides is 1. The Morgan fingerprint density at radius 3 is 2.77 bits per heavy atom. The Kier molecular flexibility index (Phi) is 4.17. The van der Waals surface area contributed by atoms with E-state index in [-0.39, 0.29) is 5.91 Å². The Hall–Kier alpha value is -1.92. The van der Waals surface area contributed by atoms with Crippen LogP contribution in [0.5, 0.6) is 0 Å². The number of ether oxygens (including phenoxy) is 1. The van der Waals surface area contributed by atoms with Crippen molar-refractivity contribution < 1.29 is 9.53 Å². The van der Waals surface area contributed by atoms with E-state index in [1.54, 1.807) is 0 Å². The van der Waals surface area contributed by atoms with Crippen LogP contribution in [0.15, 0.2) is 24.3 Å². The molecule has 1 aromatic carbocycles. The molecule has 2 atom stereocenters. The number of H-pyrrole nitrogens is 1. The number of aromatic amines is 1. The van der Waals surface area contributed by atoms with E-state index in [4.69, 9.17) is 4.74 Å². The fourth-order valence-electron chi connectivity index (χ4n) is 4.98. The number of piperidine rings is 1. The lowest BCUT2D eigenvalue weighted by atomic mass is 9.94. The van der Waals surface area contributed by atoms with E-state index in [1.165, 1.54) is 6.42 Å². The first-order valence-electron chi connectivity index (χ1n) is 9.85. The monoisotopic (exact) mass is 354 g/mol. The van der Waals surface area contributed by atoms with Gasteiger partial charge in [-0.15, -0.1) is 0 Å². The molecular formula is C20H26N4O2. The van der Waals surface area contributed by atoms with Crippen LogP contribution < -0.4 is 0 Å². The minimum atomic E-state index is 0.0889. The second-order valence-corrected chi connectivity index (χ2v) is 7.97. The van der Waals surface area contributed by atoms with Gasteiger partial charge in [-0.1, -0.05) is 18.2 Å². The van der Waals surface area contributed by atoms with Crippen LogP contribution in [0.2, 0.25) is 0 Å². The predicted molar refractivity (Wildman–Crippen MR) is 99.1 cm³/mol. The van der Waals surface area contributed by atoms with Crippen LogP contribution in [0.1, 0.15) is 36.2 Å². The maximum absolute atomic E-state index is 13.3. The van der Waals surface area contributed by atoms with Crippen molar-refractivity contribution in [3.05, 3.63) is 30.0 Å². The van der Waals surface area contributed by atoms with Gasteiger partial charge in [0.25, 0.3) is 5.91 Å². The number of nitrogens with zero attached hydrogens (tertiary/aromatic N) is 3. The lowest BCUT2D eigenvalue weighted by Gasteiger charge is -2.36. The number of nitrogens with one attached hydrogen (secondary N) is 1. The van der Waals surface area contributed by atoms with Crippen molar-refractivity contribution in [1.29, 1.82) is 0 Å². The maximum Gasteiger partial charge on any atom is 0.275 e. The smallest absolute Gasteiger partial charge is 0.275 e. The van der Waals surface area contributed by atoms with Crippen LogP contribution >= 0.6 is 0 Å². The molecule has 6 rings (SSSR count). The minimum Gasteiger partial charge on any atom is -0.381 e. The average molecular weight is 354 g/mol. The summed E-state index contributed by atoms with van der Waals surface area (Å²) in [5, 5.41) is 8.28. The average Bonchev–Trinajstić information content (AvgIpc) is 2.90. The number of carbonyl (C=O) groups is 1. The van der Waals surface area contributed by atoms with E-state index in [2.05, 4.69) is 20.0 Å². The van der Waals surface area contributed by atoms with Gasteiger partial charge in [0.2, 0.25) is 0 Å². The zero-order valence-electron chi connectivity index (χ0n) is 15.1. The highest BCUT2D eigenvalue weighted by molar-refractivity contribution is 6.04. The molecule has 26 heavy (non-hydrogen) atoms. The van der Waals surface area contributed by atoms with Crippen LogP contribution in [-0.2, 0) is 4.74 Å². The summed E-state index contributed by atoms with van der Waals surface area (Å²) in [4.78, 5) is 18.1. The summed E-state index contributed by atoms with van der Waals surface area (Å²) in [6.45, 7) is 4.72. The van der Waals surface area contributed by atoms with Gasteiger partial charge in [-0.3, -0.25) is 14.8 Å². The van der Waals surface area contributed by atoms with Crippen LogP contribution in [0, 0.1) is 5.92 Å². The summed E-state index contributed by atoms with van der Waals surface area (Å²) in [6.07, 6.45) is 4.59.